The van der Waals surface area contributed by atoms with Crippen molar-refractivity contribution in [2.75, 3.05) is 19.0 Å². The lowest BCUT2D eigenvalue weighted by molar-refractivity contribution is 0.409. The zero-order chi connectivity index (χ0) is 14.4. The molecule has 20 heavy (non-hydrogen) atoms. The number of aryl methyl sites for hydroxylation is 1. The van der Waals surface area contributed by atoms with Crippen LogP contribution in [0.15, 0.2) is 41.0 Å². The highest BCUT2D eigenvalue weighted by molar-refractivity contribution is 9.10. The number of benzene rings is 1. The van der Waals surface area contributed by atoms with Crippen LogP contribution < -0.4 is 10.1 Å². The van der Waals surface area contributed by atoms with Crippen LogP contribution in [0.2, 0.25) is 0 Å². The molecule has 2 rings (SSSR count). The van der Waals surface area contributed by atoms with Crippen LogP contribution >= 0.6 is 15.9 Å². The number of halogens is 1. The van der Waals surface area contributed by atoms with Gasteiger partial charge in [-0.3, -0.25) is 0 Å². The summed E-state index contributed by atoms with van der Waals surface area (Å²) in [5, 5.41) is 3.32. The van der Waals surface area contributed by atoms with Gasteiger partial charge in [-0.05, 0) is 58.1 Å². The molecule has 1 N–H and O–H groups in total. The zero-order valence-electron chi connectivity index (χ0n) is 11.8. The number of hydrogen-bond donors (Lipinski definition) is 1. The maximum atomic E-state index is 5.41. The summed E-state index contributed by atoms with van der Waals surface area (Å²) in [4.78, 5) is 4.30. The first-order chi connectivity index (χ1) is 9.72. The molecule has 0 aliphatic heterocycles. The third-order valence-electron chi connectivity index (χ3n) is 3.18. The van der Waals surface area contributed by atoms with Gasteiger partial charge in [0.2, 0.25) is 0 Å². The highest BCUT2D eigenvalue weighted by Crippen LogP contribution is 2.21. The van der Waals surface area contributed by atoms with Crippen molar-refractivity contribution in [3.8, 4) is 5.75 Å². The van der Waals surface area contributed by atoms with Crippen LogP contribution in [-0.4, -0.2) is 18.6 Å². The van der Waals surface area contributed by atoms with E-state index in [0.717, 1.165) is 35.4 Å². The summed E-state index contributed by atoms with van der Waals surface area (Å²) in [5.74, 6) is 1.84. The highest BCUT2D eigenvalue weighted by Gasteiger charge is 2.04. The van der Waals surface area contributed by atoms with Gasteiger partial charge in [0.15, 0.2) is 0 Å². The van der Waals surface area contributed by atoms with E-state index < -0.39 is 0 Å². The second-order valence-corrected chi connectivity index (χ2v) is 5.45. The number of nitrogens with zero attached hydrogens (tertiary/aromatic N) is 1. The first-order valence-corrected chi connectivity index (χ1v) is 7.53. The maximum Gasteiger partial charge on any atom is 0.125 e. The van der Waals surface area contributed by atoms with Gasteiger partial charge in [0.1, 0.15) is 11.6 Å². The molecular weight excluding hydrogens is 316 g/mol. The van der Waals surface area contributed by atoms with Gasteiger partial charge < -0.3 is 10.1 Å². The topological polar surface area (TPSA) is 34.1 Å². The Hall–Kier alpha value is -1.55. The molecule has 0 aliphatic rings. The van der Waals surface area contributed by atoms with Gasteiger partial charge in [0.25, 0.3) is 0 Å². The SMILES string of the molecule is CCc1ccc(OC)c(CCNc2ccc(Br)cn2)c1. The first-order valence-electron chi connectivity index (χ1n) is 6.74. The summed E-state index contributed by atoms with van der Waals surface area (Å²) in [7, 11) is 1.72. The summed E-state index contributed by atoms with van der Waals surface area (Å²) >= 11 is 3.38. The van der Waals surface area contributed by atoms with Crippen molar-refractivity contribution in [2.45, 2.75) is 19.8 Å². The van der Waals surface area contributed by atoms with E-state index in [1.54, 1.807) is 13.3 Å². The van der Waals surface area contributed by atoms with Crippen LogP contribution in [0.1, 0.15) is 18.1 Å². The van der Waals surface area contributed by atoms with Gasteiger partial charge in [-0.15, -0.1) is 0 Å². The van der Waals surface area contributed by atoms with E-state index in [-0.39, 0.29) is 0 Å². The van der Waals surface area contributed by atoms with Gasteiger partial charge in [0, 0.05) is 17.2 Å². The standard InChI is InChI=1S/C16H19BrN2O/c1-3-12-4-6-15(20-2)13(10-12)8-9-18-16-7-5-14(17)11-19-16/h4-7,10-11H,3,8-9H2,1-2H3,(H,18,19). The van der Waals surface area contributed by atoms with Crippen molar-refractivity contribution < 1.29 is 4.74 Å². The fraction of sp³-hybridized carbons (Fsp3) is 0.312. The monoisotopic (exact) mass is 334 g/mol. The molecule has 0 bridgehead atoms. The molecule has 4 heteroatoms. The number of anilines is 1. The normalized spacial score (nSPS) is 10.3. The minimum atomic E-state index is 0.832. The van der Waals surface area contributed by atoms with Crippen LogP contribution in [0.25, 0.3) is 0 Å². The van der Waals surface area contributed by atoms with E-state index in [4.69, 9.17) is 4.74 Å². The molecule has 0 unspecified atom stereocenters. The average Bonchev–Trinajstić information content (AvgIpc) is 2.49. The Kier molecular flexibility index (Phi) is 5.41. The summed E-state index contributed by atoms with van der Waals surface area (Å²) in [6.45, 7) is 2.99. The molecule has 0 aliphatic carbocycles. The van der Waals surface area contributed by atoms with E-state index in [1.807, 2.05) is 18.2 Å². The van der Waals surface area contributed by atoms with Gasteiger partial charge in [-0.2, -0.15) is 0 Å². The molecule has 1 aromatic heterocycles. The van der Waals surface area contributed by atoms with Crippen LogP contribution in [-0.2, 0) is 12.8 Å². The lowest BCUT2D eigenvalue weighted by Gasteiger charge is -2.11. The summed E-state index contributed by atoms with van der Waals surface area (Å²) in [6, 6.07) is 10.3. The fourth-order valence-electron chi connectivity index (χ4n) is 2.05. The molecule has 1 aromatic carbocycles. The quantitative estimate of drug-likeness (QED) is 0.864. The molecule has 0 atom stereocenters. The Morgan fingerprint density at radius 3 is 2.75 bits per heavy atom. The van der Waals surface area contributed by atoms with Crippen molar-refractivity contribution in [1.29, 1.82) is 0 Å². The van der Waals surface area contributed by atoms with E-state index in [9.17, 15) is 0 Å². The Bertz CT molecular complexity index is 555. The molecule has 0 spiro atoms. The fourth-order valence-corrected chi connectivity index (χ4v) is 2.29. The van der Waals surface area contributed by atoms with E-state index in [1.165, 1.54) is 11.1 Å². The Morgan fingerprint density at radius 2 is 2.10 bits per heavy atom. The van der Waals surface area contributed by atoms with Crippen molar-refractivity contribution in [3.63, 3.8) is 0 Å². The molecule has 0 radical (unpaired) electrons. The number of ether oxygens (including phenoxy) is 1. The van der Waals surface area contributed by atoms with Crippen molar-refractivity contribution in [3.05, 3.63) is 52.1 Å². The lowest BCUT2D eigenvalue weighted by Crippen LogP contribution is -2.07. The number of hydrogen-bond acceptors (Lipinski definition) is 3. The molecule has 106 valence electrons. The van der Waals surface area contributed by atoms with Crippen molar-refractivity contribution in [2.24, 2.45) is 0 Å². The smallest absolute Gasteiger partial charge is 0.125 e. The molecule has 0 saturated carbocycles. The molecule has 0 fully saturated rings. The van der Waals surface area contributed by atoms with Gasteiger partial charge in [-0.25, -0.2) is 4.98 Å². The Morgan fingerprint density at radius 1 is 1.25 bits per heavy atom. The van der Waals surface area contributed by atoms with E-state index in [0.29, 0.717) is 0 Å². The Labute approximate surface area is 128 Å². The van der Waals surface area contributed by atoms with E-state index in [2.05, 4.69) is 45.3 Å². The number of aromatic nitrogens is 1. The minimum Gasteiger partial charge on any atom is -0.496 e. The number of rotatable bonds is 6. The predicted octanol–water partition coefficient (Wildman–Crippen LogP) is 4.07. The molecule has 1 heterocycles. The van der Waals surface area contributed by atoms with Crippen molar-refractivity contribution >= 4 is 21.7 Å². The number of nitrogens with one attached hydrogen (secondary N) is 1. The van der Waals surface area contributed by atoms with Gasteiger partial charge >= 0.3 is 0 Å². The number of methoxy groups -OCH3 is 1. The first kappa shape index (κ1) is 14.9. The average molecular weight is 335 g/mol. The largest absolute Gasteiger partial charge is 0.496 e. The second-order valence-electron chi connectivity index (χ2n) is 4.54. The summed E-state index contributed by atoms with van der Waals surface area (Å²) < 4.78 is 6.40. The molecular formula is C16H19BrN2O. The highest BCUT2D eigenvalue weighted by atomic mass is 79.9. The van der Waals surface area contributed by atoms with Crippen LogP contribution in [0.3, 0.4) is 0 Å². The Balaban J connectivity index is 1.97. The molecule has 0 amide bonds. The predicted molar refractivity (Wildman–Crippen MR) is 86.5 cm³/mol. The van der Waals surface area contributed by atoms with Gasteiger partial charge in [0.05, 0.1) is 7.11 Å². The summed E-state index contributed by atoms with van der Waals surface area (Å²) in [5.41, 5.74) is 2.57. The molecule has 3 nitrogen and oxygen atoms in total. The zero-order valence-corrected chi connectivity index (χ0v) is 13.4. The minimum absolute atomic E-state index is 0.832. The molecule has 2 aromatic rings. The van der Waals surface area contributed by atoms with Crippen LogP contribution in [0.4, 0.5) is 5.82 Å². The lowest BCUT2D eigenvalue weighted by atomic mass is 10.1. The van der Waals surface area contributed by atoms with Crippen LogP contribution in [0, 0.1) is 0 Å². The second kappa shape index (κ2) is 7.29. The third-order valence-corrected chi connectivity index (χ3v) is 3.65. The third kappa shape index (κ3) is 3.97. The van der Waals surface area contributed by atoms with Gasteiger partial charge in [-0.1, -0.05) is 19.1 Å². The van der Waals surface area contributed by atoms with E-state index >= 15 is 0 Å². The summed E-state index contributed by atoms with van der Waals surface area (Å²) in [6.07, 6.45) is 3.74. The number of pyridine rings is 1. The van der Waals surface area contributed by atoms with Crippen molar-refractivity contribution in [1.82, 2.24) is 4.98 Å². The molecule has 0 saturated heterocycles. The van der Waals surface area contributed by atoms with Crippen LogP contribution in [0.5, 0.6) is 5.75 Å². The maximum absolute atomic E-state index is 5.41.